The third-order valence-electron chi connectivity index (χ3n) is 3.75. The predicted molar refractivity (Wildman–Crippen MR) is 76.0 cm³/mol. The molecule has 3 aromatic rings. The molecule has 0 bridgehead atoms. The van der Waals surface area contributed by atoms with Crippen LogP contribution in [0, 0.1) is 5.82 Å². The summed E-state index contributed by atoms with van der Waals surface area (Å²) in [5, 5.41) is 3.96. The highest BCUT2D eigenvalue weighted by Crippen LogP contribution is 2.18. The smallest absolute Gasteiger partial charge is 0.241 e. The highest BCUT2D eigenvalue weighted by molar-refractivity contribution is 5.53. The first kappa shape index (κ1) is 13.1. The van der Waals surface area contributed by atoms with E-state index in [2.05, 4.69) is 24.6 Å². The lowest BCUT2D eigenvalue weighted by atomic mass is 10.2. The number of hydrogen-bond acceptors (Lipinski definition) is 5. The number of hydrogen-bond donors (Lipinski definition) is 0. The largest absolute Gasteiger partial charge is 0.338 e. The summed E-state index contributed by atoms with van der Waals surface area (Å²) in [7, 11) is 0. The molecule has 0 spiro atoms. The number of benzene rings is 1. The Morgan fingerprint density at radius 1 is 1.18 bits per heavy atom. The fraction of sp³-hybridized carbons (Fsp3) is 0.267. The predicted octanol–water partition coefficient (Wildman–Crippen LogP) is 2.09. The average molecular weight is 299 g/mol. The first-order chi connectivity index (χ1) is 10.8. The molecule has 0 aliphatic carbocycles. The van der Waals surface area contributed by atoms with E-state index < -0.39 is 0 Å². The van der Waals surface area contributed by atoms with Crippen molar-refractivity contribution in [3.05, 3.63) is 54.2 Å². The highest BCUT2D eigenvalue weighted by Gasteiger charge is 2.19. The van der Waals surface area contributed by atoms with Crippen LogP contribution in [0.5, 0.6) is 0 Å². The molecule has 1 aliphatic rings. The Kier molecular flexibility index (Phi) is 3.19. The van der Waals surface area contributed by atoms with Crippen molar-refractivity contribution in [1.82, 2.24) is 24.6 Å². The molecule has 0 fully saturated rings. The molecule has 4 rings (SSSR count). The molecule has 0 atom stereocenters. The summed E-state index contributed by atoms with van der Waals surface area (Å²) in [5.74, 6) is 1.80. The number of rotatable bonds is 3. The molecule has 7 heteroatoms. The molecule has 112 valence electrons. The van der Waals surface area contributed by atoms with Crippen LogP contribution >= 0.6 is 0 Å². The van der Waals surface area contributed by atoms with Crippen LogP contribution in [0.1, 0.15) is 11.7 Å². The Morgan fingerprint density at radius 3 is 2.91 bits per heavy atom. The molecule has 0 amide bonds. The van der Waals surface area contributed by atoms with Crippen molar-refractivity contribution in [2.24, 2.45) is 0 Å². The van der Waals surface area contributed by atoms with Crippen molar-refractivity contribution in [1.29, 1.82) is 0 Å². The number of aromatic nitrogens is 4. The first-order valence-electron chi connectivity index (χ1n) is 7.09. The van der Waals surface area contributed by atoms with Crippen LogP contribution in [0.2, 0.25) is 0 Å². The second-order valence-corrected chi connectivity index (χ2v) is 5.27. The second-order valence-electron chi connectivity index (χ2n) is 5.27. The summed E-state index contributed by atoms with van der Waals surface area (Å²) in [6.07, 6.45) is 3.81. The average Bonchev–Trinajstić information content (AvgIpc) is 3.17. The van der Waals surface area contributed by atoms with E-state index in [9.17, 15) is 4.39 Å². The van der Waals surface area contributed by atoms with Crippen LogP contribution in [-0.4, -0.2) is 31.1 Å². The summed E-state index contributed by atoms with van der Waals surface area (Å²) in [6, 6.07) is 6.05. The topological polar surface area (TPSA) is 60.0 Å². The van der Waals surface area contributed by atoms with Gasteiger partial charge in [-0.2, -0.15) is 4.98 Å². The third-order valence-corrected chi connectivity index (χ3v) is 3.75. The van der Waals surface area contributed by atoms with Crippen LogP contribution in [0.15, 0.2) is 41.2 Å². The van der Waals surface area contributed by atoms with E-state index in [-0.39, 0.29) is 5.82 Å². The van der Waals surface area contributed by atoms with Crippen molar-refractivity contribution in [2.75, 3.05) is 6.54 Å². The number of nitrogens with zero attached hydrogens (tertiary/aromatic N) is 5. The van der Waals surface area contributed by atoms with Gasteiger partial charge in [-0.3, -0.25) is 4.90 Å². The van der Waals surface area contributed by atoms with Crippen molar-refractivity contribution in [3.63, 3.8) is 0 Å². The van der Waals surface area contributed by atoms with Gasteiger partial charge in [0.25, 0.3) is 0 Å². The van der Waals surface area contributed by atoms with E-state index in [1.807, 2.05) is 12.4 Å². The third kappa shape index (κ3) is 2.50. The van der Waals surface area contributed by atoms with E-state index in [0.29, 0.717) is 18.3 Å². The van der Waals surface area contributed by atoms with Gasteiger partial charge in [0.1, 0.15) is 11.6 Å². The number of fused-ring (bicyclic) bond motifs is 1. The minimum absolute atomic E-state index is 0.281. The highest BCUT2D eigenvalue weighted by atomic mass is 19.1. The molecular weight excluding hydrogens is 285 g/mol. The molecule has 6 nitrogen and oxygen atoms in total. The Hall–Kier alpha value is -2.54. The molecule has 1 aromatic carbocycles. The molecular formula is C15H14FN5O. The molecule has 0 saturated heterocycles. The van der Waals surface area contributed by atoms with Crippen molar-refractivity contribution >= 4 is 0 Å². The van der Waals surface area contributed by atoms with Gasteiger partial charge in [-0.15, -0.1) is 0 Å². The maximum absolute atomic E-state index is 12.9. The van der Waals surface area contributed by atoms with Crippen LogP contribution in [0.4, 0.5) is 4.39 Å². The summed E-state index contributed by atoms with van der Waals surface area (Å²) < 4.78 is 20.4. The molecule has 22 heavy (non-hydrogen) atoms. The Morgan fingerprint density at radius 2 is 2.05 bits per heavy atom. The molecule has 0 saturated carbocycles. The van der Waals surface area contributed by atoms with E-state index >= 15 is 0 Å². The van der Waals surface area contributed by atoms with Crippen molar-refractivity contribution in [3.8, 4) is 11.4 Å². The summed E-state index contributed by atoms with van der Waals surface area (Å²) in [5.41, 5.74) is 0.741. The lowest BCUT2D eigenvalue weighted by Crippen LogP contribution is -2.33. The number of halogens is 1. The van der Waals surface area contributed by atoms with E-state index in [0.717, 1.165) is 31.0 Å². The van der Waals surface area contributed by atoms with Crippen LogP contribution in [-0.2, 0) is 19.6 Å². The SMILES string of the molecule is Fc1ccc(-c2noc(CN3CCn4ccnc4C3)n2)cc1. The zero-order chi connectivity index (χ0) is 14.9. The van der Waals surface area contributed by atoms with Crippen molar-refractivity contribution in [2.45, 2.75) is 19.6 Å². The van der Waals surface area contributed by atoms with Gasteiger partial charge in [0.05, 0.1) is 13.1 Å². The monoisotopic (exact) mass is 299 g/mol. The standard InChI is InChI=1S/C15H14FN5O/c16-12-3-1-11(2-4-12)15-18-14(22-19-15)10-20-7-8-21-6-5-17-13(21)9-20/h1-6H,7-10H2. The molecule has 0 radical (unpaired) electrons. The summed E-state index contributed by atoms with van der Waals surface area (Å²) in [6.45, 7) is 3.17. The maximum atomic E-state index is 12.9. The van der Waals surface area contributed by atoms with Crippen molar-refractivity contribution < 1.29 is 8.91 Å². The van der Waals surface area contributed by atoms with Gasteiger partial charge in [0.2, 0.25) is 11.7 Å². The van der Waals surface area contributed by atoms with Crippen LogP contribution in [0.25, 0.3) is 11.4 Å². The Bertz CT molecular complexity index is 779. The minimum atomic E-state index is -0.281. The van der Waals surface area contributed by atoms with Gasteiger partial charge in [0.15, 0.2) is 0 Å². The molecule has 0 N–H and O–H groups in total. The van der Waals surface area contributed by atoms with Gasteiger partial charge >= 0.3 is 0 Å². The summed E-state index contributed by atoms with van der Waals surface area (Å²) >= 11 is 0. The van der Waals surface area contributed by atoms with E-state index in [4.69, 9.17) is 4.52 Å². The molecule has 3 heterocycles. The van der Waals surface area contributed by atoms with Gasteiger partial charge in [-0.05, 0) is 24.3 Å². The second kappa shape index (κ2) is 5.34. The fourth-order valence-corrected chi connectivity index (χ4v) is 2.59. The lowest BCUT2D eigenvalue weighted by Gasteiger charge is -2.25. The molecule has 1 aliphatic heterocycles. The zero-order valence-corrected chi connectivity index (χ0v) is 11.8. The van der Waals surface area contributed by atoms with E-state index in [1.165, 1.54) is 12.1 Å². The normalized spacial score (nSPS) is 15.0. The first-order valence-corrected chi connectivity index (χ1v) is 7.09. The Labute approximate surface area is 126 Å². The Balaban J connectivity index is 1.47. The zero-order valence-electron chi connectivity index (χ0n) is 11.8. The lowest BCUT2D eigenvalue weighted by molar-refractivity contribution is 0.183. The van der Waals surface area contributed by atoms with Crippen LogP contribution in [0.3, 0.4) is 0 Å². The summed E-state index contributed by atoms with van der Waals surface area (Å²) in [4.78, 5) is 10.9. The van der Waals surface area contributed by atoms with Gasteiger partial charge in [-0.25, -0.2) is 9.37 Å². The van der Waals surface area contributed by atoms with E-state index in [1.54, 1.807) is 12.1 Å². The van der Waals surface area contributed by atoms with Gasteiger partial charge in [-0.1, -0.05) is 5.16 Å². The molecule has 0 unspecified atom stereocenters. The maximum Gasteiger partial charge on any atom is 0.241 e. The van der Waals surface area contributed by atoms with Crippen LogP contribution < -0.4 is 0 Å². The molecule has 2 aromatic heterocycles. The minimum Gasteiger partial charge on any atom is -0.338 e. The fourth-order valence-electron chi connectivity index (χ4n) is 2.59. The number of imidazole rings is 1. The van der Waals surface area contributed by atoms with Gasteiger partial charge < -0.3 is 9.09 Å². The quantitative estimate of drug-likeness (QED) is 0.741. The van der Waals surface area contributed by atoms with Gasteiger partial charge in [0, 0.05) is 31.0 Å².